The van der Waals surface area contributed by atoms with Crippen LogP contribution in [0.4, 0.5) is 11.4 Å². The summed E-state index contributed by atoms with van der Waals surface area (Å²) in [7, 11) is -3.72. The van der Waals surface area contributed by atoms with Gasteiger partial charge in [0, 0.05) is 12.1 Å². The molecule has 0 radical (unpaired) electrons. The Hall–Kier alpha value is -2.67. The molecule has 1 aliphatic rings. The number of fused-ring (bicyclic) bond motifs is 1. The second-order valence-corrected chi connectivity index (χ2v) is 10.3. The molecule has 28 heavy (non-hydrogen) atoms. The van der Waals surface area contributed by atoms with Crippen molar-refractivity contribution in [1.82, 2.24) is 0 Å². The van der Waals surface area contributed by atoms with Gasteiger partial charge in [-0.1, -0.05) is 24.3 Å². The molecule has 0 aromatic heterocycles. The van der Waals surface area contributed by atoms with Crippen LogP contribution in [0.3, 0.4) is 0 Å². The zero-order valence-corrected chi connectivity index (χ0v) is 17.3. The van der Waals surface area contributed by atoms with Crippen LogP contribution in [0.5, 0.6) is 0 Å². The van der Waals surface area contributed by atoms with Gasteiger partial charge in [0.25, 0.3) is 0 Å². The highest BCUT2D eigenvalue weighted by molar-refractivity contribution is 7.93. The average Bonchev–Trinajstić information content (AvgIpc) is 2.66. The maximum Gasteiger partial charge on any atom is 0.244 e. The zero-order chi connectivity index (χ0) is 20.7. The van der Waals surface area contributed by atoms with Crippen molar-refractivity contribution in [2.45, 2.75) is 43.8 Å². The molecule has 1 heterocycles. The molecule has 3 rings (SSSR count). The molecular formula is C21H24N2O4S. The minimum atomic E-state index is -3.72. The van der Waals surface area contributed by atoms with Crippen LogP contribution in [0.25, 0.3) is 0 Å². The van der Waals surface area contributed by atoms with Crippen molar-refractivity contribution in [3.8, 4) is 0 Å². The normalized spacial score (nSPS) is 17.6. The van der Waals surface area contributed by atoms with Gasteiger partial charge in [-0.25, -0.2) is 8.42 Å². The molecule has 1 aliphatic heterocycles. The van der Waals surface area contributed by atoms with Crippen LogP contribution < -0.4 is 10.2 Å². The summed E-state index contributed by atoms with van der Waals surface area (Å²) in [4.78, 5) is 26.9. The molecule has 0 fully saturated rings. The van der Waals surface area contributed by atoms with Gasteiger partial charge in [0.1, 0.15) is 6.54 Å². The molecule has 0 spiro atoms. The van der Waals surface area contributed by atoms with Crippen molar-refractivity contribution in [3.63, 3.8) is 0 Å². The fraction of sp³-hybridized carbons (Fsp3) is 0.333. The summed E-state index contributed by atoms with van der Waals surface area (Å²) in [5.41, 5.74) is 2.83. The highest BCUT2D eigenvalue weighted by atomic mass is 32.2. The van der Waals surface area contributed by atoms with Gasteiger partial charge in [-0.05, 0) is 57.0 Å². The smallest absolute Gasteiger partial charge is 0.244 e. The van der Waals surface area contributed by atoms with E-state index in [2.05, 4.69) is 5.32 Å². The Morgan fingerprint density at radius 2 is 1.82 bits per heavy atom. The minimum Gasteiger partial charge on any atom is -0.324 e. The Balaban J connectivity index is 1.96. The SMILES string of the molecule is Cc1ccc(C)c(NC(=O)CN2C(=O)CC(C)(C)S(=O)(=O)c3ccccc32)c1. The zero-order valence-electron chi connectivity index (χ0n) is 16.4. The van der Waals surface area contributed by atoms with Crippen molar-refractivity contribution in [2.24, 2.45) is 0 Å². The van der Waals surface area contributed by atoms with Crippen molar-refractivity contribution in [1.29, 1.82) is 0 Å². The summed E-state index contributed by atoms with van der Waals surface area (Å²) in [5.74, 6) is -0.774. The molecule has 1 N–H and O–H groups in total. The first-order valence-corrected chi connectivity index (χ1v) is 10.5. The summed E-state index contributed by atoms with van der Waals surface area (Å²) in [6.45, 7) is 6.63. The highest BCUT2D eigenvalue weighted by Gasteiger charge is 2.44. The van der Waals surface area contributed by atoms with E-state index in [0.717, 1.165) is 11.1 Å². The van der Waals surface area contributed by atoms with E-state index >= 15 is 0 Å². The predicted octanol–water partition coefficient (Wildman–Crippen LogP) is 3.23. The van der Waals surface area contributed by atoms with E-state index in [-0.39, 0.29) is 29.5 Å². The van der Waals surface area contributed by atoms with Crippen molar-refractivity contribution < 1.29 is 18.0 Å². The second-order valence-electron chi connectivity index (χ2n) is 7.75. The number of para-hydroxylation sites is 1. The molecule has 2 amide bonds. The fourth-order valence-corrected chi connectivity index (χ4v) is 4.89. The van der Waals surface area contributed by atoms with Crippen LogP contribution in [-0.4, -0.2) is 31.5 Å². The average molecular weight is 401 g/mol. The number of amides is 2. The fourth-order valence-electron chi connectivity index (χ4n) is 3.27. The largest absolute Gasteiger partial charge is 0.324 e. The van der Waals surface area contributed by atoms with Gasteiger partial charge < -0.3 is 10.2 Å². The van der Waals surface area contributed by atoms with Crippen LogP contribution in [-0.2, 0) is 19.4 Å². The Kier molecular flexibility index (Phi) is 5.06. The van der Waals surface area contributed by atoms with Gasteiger partial charge in [0.05, 0.1) is 15.3 Å². The van der Waals surface area contributed by atoms with Crippen molar-refractivity contribution in [2.75, 3.05) is 16.8 Å². The summed E-state index contributed by atoms with van der Waals surface area (Å²) >= 11 is 0. The van der Waals surface area contributed by atoms with Crippen LogP contribution >= 0.6 is 0 Å². The van der Waals surface area contributed by atoms with Crippen molar-refractivity contribution in [3.05, 3.63) is 53.6 Å². The molecule has 2 aromatic rings. The van der Waals surface area contributed by atoms with Gasteiger partial charge in [0.15, 0.2) is 9.84 Å². The lowest BCUT2D eigenvalue weighted by Crippen LogP contribution is -2.40. The number of carbonyl (C=O) groups excluding carboxylic acids is 2. The molecule has 0 atom stereocenters. The lowest BCUT2D eigenvalue weighted by molar-refractivity contribution is -0.121. The Labute approximate surface area is 165 Å². The maximum absolute atomic E-state index is 13.0. The molecule has 0 unspecified atom stereocenters. The number of benzene rings is 2. The van der Waals surface area contributed by atoms with Crippen LogP contribution in [0, 0.1) is 13.8 Å². The first-order valence-electron chi connectivity index (χ1n) is 9.04. The molecule has 0 bridgehead atoms. The number of hydrogen-bond acceptors (Lipinski definition) is 4. The predicted molar refractivity (Wildman–Crippen MR) is 109 cm³/mol. The number of sulfone groups is 1. The van der Waals surface area contributed by atoms with Crippen LogP contribution in [0.15, 0.2) is 47.4 Å². The summed E-state index contributed by atoms with van der Waals surface area (Å²) in [6, 6.07) is 12.1. The van der Waals surface area contributed by atoms with Gasteiger partial charge in [-0.2, -0.15) is 0 Å². The quantitative estimate of drug-likeness (QED) is 0.857. The van der Waals surface area contributed by atoms with Gasteiger partial charge in [-0.15, -0.1) is 0 Å². The molecule has 2 aromatic carbocycles. The minimum absolute atomic E-state index is 0.0744. The number of anilines is 2. The summed E-state index contributed by atoms with van der Waals surface area (Å²) in [5, 5.41) is 2.83. The molecule has 0 saturated heterocycles. The Morgan fingerprint density at radius 1 is 1.14 bits per heavy atom. The number of rotatable bonds is 3. The molecule has 6 nitrogen and oxygen atoms in total. The van der Waals surface area contributed by atoms with E-state index in [1.54, 1.807) is 18.2 Å². The van der Waals surface area contributed by atoms with E-state index < -0.39 is 20.5 Å². The van der Waals surface area contributed by atoms with Gasteiger partial charge >= 0.3 is 0 Å². The number of carbonyl (C=O) groups is 2. The summed E-state index contributed by atoms with van der Waals surface area (Å²) in [6.07, 6.45) is -0.194. The summed E-state index contributed by atoms with van der Waals surface area (Å²) < 4.78 is 24.8. The lowest BCUT2D eigenvalue weighted by Gasteiger charge is -2.22. The third-order valence-electron chi connectivity index (χ3n) is 5.02. The second kappa shape index (κ2) is 7.05. The number of aryl methyl sites for hydroxylation is 2. The van der Waals surface area contributed by atoms with Gasteiger partial charge in [-0.3, -0.25) is 9.59 Å². The van der Waals surface area contributed by atoms with Crippen LogP contribution in [0.2, 0.25) is 0 Å². The highest BCUT2D eigenvalue weighted by Crippen LogP contribution is 2.38. The van der Waals surface area contributed by atoms with Crippen LogP contribution in [0.1, 0.15) is 31.4 Å². The molecule has 0 aliphatic carbocycles. The first kappa shape index (κ1) is 20.1. The molecule has 0 saturated carbocycles. The van der Waals surface area contributed by atoms with Crippen molar-refractivity contribution >= 4 is 33.0 Å². The van der Waals surface area contributed by atoms with Gasteiger partial charge in [0.2, 0.25) is 11.8 Å². The van der Waals surface area contributed by atoms with E-state index in [9.17, 15) is 18.0 Å². The Morgan fingerprint density at radius 3 is 2.54 bits per heavy atom. The number of hydrogen-bond donors (Lipinski definition) is 1. The van der Waals surface area contributed by atoms with E-state index in [4.69, 9.17) is 0 Å². The standard InChI is InChI=1S/C21H24N2O4S/c1-14-9-10-15(2)16(11-14)22-19(24)13-23-17-7-5-6-8-18(17)28(26,27)21(3,4)12-20(23)25/h5-11H,12-13H2,1-4H3,(H,22,24). The third-order valence-corrected chi connectivity index (χ3v) is 7.54. The topological polar surface area (TPSA) is 83.6 Å². The Bertz CT molecular complexity index is 1060. The van der Waals surface area contributed by atoms with E-state index in [1.165, 1.54) is 24.8 Å². The third kappa shape index (κ3) is 3.54. The number of nitrogens with one attached hydrogen (secondary N) is 1. The molecule has 148 valence electrons. The molecular weight excluding hydrogens is 376 g/mol. The lowest BCUT2D eigenvalue weighted by atomic mass is 10.1. The monoisotopic (exact) mass is 400 g/mol. The van der Waals surface area contributed by atoms with E-state index in [1.807, 2.05) is 32.0 Å². The van der Waals surface area contributed by atoms with E-state index in [0.29, 0.717) is 5.69 Å². The molecule has 7 heteroatoms. The maximum atomic E-state index is 13.0. The first-order chi connectivity index (χ1) is 13.0. The number of nitrogens with zero attached hydrogens (tertiary/aromatic N) is 1.